The molecule has 3 aromatic rings. The second-order valence-corrected chi connectivity index (χ2v) is 5.81. The zero-order valence-corrected chi connectivity index (χ0v) is 12.5. The SMILES string of the molecule is C1=c2ccccc2=C(CNc2cccc3ccccc23)CC1. The Hall–Kier alpha value is -2.54. The Kier molecular flexibility index (Phi) is 3.40. The first kappa shape index (κ1) is 13.1. The molecule has 1 nitrogen and oxygen atoms in total. The molecule has 0 spiro atoms. The van der Waals surface area contributed by atoms with E-state index < -0.39 is 0 Å². The number of nitrogens with one attached hydrogen (secondary N) is 1. The number of anilines is 1. The Morgan fingerprint density at radius 2 is 1.64 bits per heavy atom. The molecule has 22 heavy (non-hydrogen) atoms. The third-order valence-corrected chi connectivity index (χ3v) is 4.43. The van der Waals surface area contributed by atoms with E-state index in [9.17, 15) is 0 Å². The summed E-state index contributed by atoms with van der Waals surface area (Å²) in [6.07, 6.45) is 4.63. The van der Waals surface area contributed by atoms with Gasteiger partial charge in [0.05, 0.1) is 0 Å². The summed E-state index contributed by atoms with van der Waals surface area (Å²) < 4.78 is 0. The Morgan fingerprint density at radius 3 is 2.64 bits per heavy atom. The summed E-state index contributed by atoms with van der Waals surface area (Å²) in [4.78, 5) is 0. The lowest BCUT2D eigenvalue weighted by atomic mass is 9.99. The van der Waals surface area contributed by atoms with Crippen molar-refractivity contribution in [2.75, 3.05) is 11.9 Å². The maximum atomic E-state index is 3.65. The summed E-state index contributed by atoms with van der Waals surface area (Å²) in [6.45, 7) is 0.916. The van der Waals surface area contributed by atoms with Gasteiger partial charge in [-0.1, -0.05) is 66.7 Å². The summed E-state index contributed by atoms with van der Waals surface area (Å²) in [5.41, 5.74) is 2.73. The van der Waals surface area contributed by atoms with Crippen LogP contribution in [0.4, 0.5) is 5.69 Å². The molecule has 0 fully saturated rings. The minimum atomic E-state index is 0.916. The van der Waals surface area contributed by atoms with Crippen LogP contribution in [0.2, 0.25) is 0 Å². The molecule has 0 saturated heterocycles. The van der Waals surface area contributed by atoms with E-state index in [1.165, 1.54) is 32.5 Å². The van der Waals surface area contributed by atoms with Crippen LogP contribution in [0.5, 0.6) is 0 Å². The van der Waals surface area contributed by atoms with Crippen LogP contribution in [-0.2, 0) is 0 Å². The minimum absolute atomic E-state index is 0.916. The van der Waals surface area contributed by atoms with E-state index in [-0.39, 0.29) is 0 Å². The molecule has 108 valence electrons. The molecule has 0 atom stereocenters. The van der Waals surface area contributed by atoms with Crippen LogP contribution < -0.4 is 15.8 Å². The molecule has 1 aliphatic rings. The number of rotatable bonds is 3. The van der Waals surface area contributed by atoms with Crippen LogP contribution in [-0.4, -0.2) is 6.54 Å². The molecule has 1 aliphatic carbocycles. The summed E-state index contributed by atoms with van der Waals surface area (Å²) in [5, 5.41) is 9.01. The van der Waals surface area contributed by atoms with E-state index >= 15 is 0 Å². The van der Waals surface area contributed by atoms with Gasteiger partial charge in [-0.25, -0.2) is 0 Å². The van der Waals surface area contributed by atoms with Gasteiger partial charge in [0.2, 0.25) is 0 Å². The normalized spacial score (nSPS) is 13.5. The van der Waals surface area contributed by atoms with Crippen molar-refractivity contribution in [3.8, 4) is 0 Å². The third kappa shape index (κ3) is 2.39. The van der Waals surface area contributed by atoms with Gasteiger partial charge < -0.3 is 5.32 Å². The van der Waals surface area contributed by atoms with Gasteiger partial charge in [-0.2, -0.15) is 0 Å². The monoisotopic (exact) mass is 285 g/mol. The lowest BCUT2D eigenvalue weighted by Gasteiger charge is -2.14. The molecule has 4 rings (SSSR count). The summed E-state index contributed by atoms with van der Waals surface area (Å²) in [7, 11) is 0. The van der Waals surface area contributed by atoms with E-state index in [2.05, 4.69) is 78.1 Å². The highest BCUT2D eigenvalue weighted by Gasteiger charge is 2.05. The summed E-state index contributed by atoms with van der Waals surface area (Å²) in [6, 6.07) is 23.7. The Labute approximate surface area is 130 Å². The van der Waals surface area contributed by atoms with Gasteiger partial charge >= 0.3 is 0 Å². The molecular weight excluding hydrogens is 266 g/mol. The van der Waals surface area contributed by atoms with Gasteiger partial charge in [-0.05, 0) is 40.3 Å². The molecule has 1 N–H and O–H groups in total. The van der Waals surface area contributed by atoms with Crippen LogP contribution >= 0.6 is 0 Å². The standard InChI is InChI=1S/C21H19N/c1-3-12-19-16(7-1)9-5-11-18(19)15-22-21-14-6-10-17-8-2-4-13-20(17)21/h1-4,6-10,12-14,22H,5,11,15H2. The highest BCUT2D eigenvalue weighted by molar-refractivity contribution is 5.94. The first-order chi connectivity index (χ1) is 10.9. The summed E-state index contributed by atoms with van der Waals surface area (Å²) >= 11 is 0. The fourth-order valence-electron chi connectivity index (χ4n) is 3.30. The predicted molar refractivity (Wildman–Crippen MR) is 95.2 cm³/mol. The third-order valence-electron chi connectivity index (χ3n) is 4.43. The van der Waals surface area contributed by atoms with Crippen LogP contribution in [0.15, 0.2) is 66.7 Å². The van der Waals surface area contributed by atoms with Crippen molar-refractivity contribution < 1.29 is 0 Å². The highest BCUT2D eigenvalue weighted by atomic mass is 14.9. The molecule has 1 heteroatoms. The van der Waals surface area contributed by atoms with Crippen molar-refractivity contribution in [1.29, 1.82) is 0 Å². The van der Waals surface area contributed by atoms with Crippen LogP contribution in [0.1, 0.15) is 12.8 Å². The molecule has 0 aromatic heterocycles. The molecule has 0 amide bonds. The largest absolute Gasteiger partial charge is 0.381 e. The molecule has 0 heterocycles. The maximum absolute atomic E-state index is 3.65. The van der Waals surface area contributed by atoms with Crippen molar-refractivity contribution in [3.05, 3.63) is 77.2 Å². The van der Waals surface area contributed by atoms with Crippen LogP contribution in [0, 0.1) is 0 Å². The smallest absolute Gasteiger partial charge is 0.0422 e. The van der Waals surface area contributed by atoms with Gasteiger partial charge in [-0.15, -0.1) is 0 Å². The second-order valence-electron chi connectivity index (χ2n) is 5.81. The Morgan fingerprint density at radius 1 is 0.818 bits per heavy atom. The lowest BCUT2D eigenvalue weighted by molar-refractivity contribution is 1.04. The maximum Gasteiger partial charge on any atom is 0.0422 e. The average molecular weight is 285 g/mol. The molecular formula is C21H19N. The van der Waals surface area contributed by atoms with Crippen molar-refractivity contribution >= 4 is 28.1 Å². The quantitative estimate of drug-likeness (QED) is 0.774. The van der Waals surface area contributed by atoms with Gasteiger partial charge in [0.15, 0.2) is 0 Å². The number of fused-ring (bicyclic) bond motifs is 2. The summed E-state index contributed by atoms with van der Waals surface area (Å²) in [5.74, 6) is 0. The molecule has 0 saturated carbocycles. The number of hydrogen-bond acceptors (Lipinski definition) is 1. The fourth-order valence-corrected chi connectivity index (χ4v) is 3.30. The molecule has 0 aliphatic heterocycles. The minimum Gasteiger partial charge on any atom is -0.381 e. The van der Waals surface area contributed by atoms with E-state index in [0.29, 0.717) is 0 Å². The number of benzene rings is 3. The zero-order valence-electron chi connectivity index (χ0n) is 12.5. The van der Waals surface area contributed by atoms with Crippen LogP contribution in [0.25, 0.3) is 22.4 Å². The predicted octanol–water partition coefficient (Wildman–Crippen LogP) is 3.68. The first-order valence-electron chi connectivity index (χ1n) is 7.91. The lowest BCUT2D eigenvalue weighted by Crippen LogP contribution is -2.31. The van der Waals surface area contributed by atoms with Gasteiger partial charge in [0.25, 0.3) is 0 Å². The topological polar surface area (TPSA) is 12.0 Å². The molecule has 0 unspecified atom stereocenters. The van der Waals surface area contributed by atoms with Gasteiger partial charge in [0.1, 0.15) is 0 Å². The van der Waals surface area contributed by atoms with Crippen molar-refractivity contribution in [2.24, 2.45) is 0 Å². The van der Waals surface area contributed by atoms with Gasteiger partial charge in [-0.3, -0.25) is 0 Å². The first-order valence-corrected chi connectivity index (χ1v) is 7.91. The molecule has 0 bridgehead atoms. The van der Waals surface area contributed by atoms with Crippen molar-refractivity contribution in [1.82, 2.24) is 0 Å². The number of hydrogen-bond donors (Lipinski definition) is 1. The Balaban J connectivity index is 1.70. The fraction of sp³-hybridized carbons (Fsp3) is 0.143. The molecule has 3 aromatic carbocycles. The zero-order chi connectivity index (χ0) is 14.8. The highest BCUT2D eigenvalue weighted by Crippen LogP contribution is 2.23. The van der Waals surface area contributed by atoms with E-state index in [1.54, 1.807) is 0 Å². The van der Waals surface area contributed by atoms with Gasteiger partial charge in [0, 0.05) is 17.6 Å². The molecule has 0 radical (unpaired) electrons. The Bertz CT molecular complexity index is 932. The van der Waals surface area contributed by atoms with E-state index in [1.807, 2.05) is 0 Å². The van der Waals surface area contributed by atoms with Crippen LogP contribution in [0.3, 0.4) is 0 Å². The van der Waals surface area contributed by atoms with E-state index in [4.69, 9.17) is 0 Å². The van der Waals surface area contributed by atoms with E-state index in [0.717, 1.165) is 19.4 Å². The van der Waals surface area contributed by atoms with Crippen molar-refractivity contribution in [3.63, 3.8) is 0 Å². The average Bonchev–Trinajstić information content (AvgIpc) is 2.60. The second kappa shape index (κ2) is 5.69. The van der Waals surface area contributed by atoms with Crippen molar-refractivity contribution in [2.45, 2.75) is 12.8 Å².